The average Bonchev–Trinajstić information content (AvgIpc) is 3.23. The van der Waals surface area contributed by atoms with Crippen molar-refractivity contribution in [1.82, 2.24) is 15.1 Å². The summed E-state index contributed by atoms with van der Waals surface area (Å²) in [6.07, 6.45) is 0. The third-order valence-corrected chi connectivity index (χ3v) is 4.84. The SMILES string of the molecule is COc1ccc(CNc2nc3c(C)cccc3cc2-c2noc(C(C)C)n2)cc1. The predicted octanol–water partition coefficient (Wildman–Crippen LogP) is 5.34. The topological polar surface area (TPSA) is 73.1 Å². The lowest BCUT2D eigenvalue weighted by Crippen LogP contribution is -2.04. The minimum Gasteiger partial charge on any atom is -0.497 e. The van der Waals surface area contributed by atoms with E-state index in [1.807, 2.05) is 44.2 Å². The molecule has 2 aromatic heterocycles. The summed E-state index contributed by atoms with van der Waals surface area (Å²) in [5.41, 5.74) is 4.03. The van der Waals surface area contributed by atoms with Gasteiger partial charge < -0.3 is 14.6 Å². The fraction of sp³-hybridized carbons (Fsp3) is 0.261. The van der Waals surface area contributed by atoms with E-state index in [0.717, 1.165) is 39.2 Å². The van der Waals surface area contributed by atoms with Crippen molar-refractivity contribution in [2.45, 2.75) is 33.2 Å². The summed E-state index contributed by atoms with van der Waals surface area (Å²) in [5, 5.41) is 8.69. The standard InChI is InChI=1S/C23H24N4O2/c1-14(2)23-26-22(27-29-23)19-12-17-7-5-6-15(3)20(17)25-21(19)24-13-16-8-10-18(28-4)11-9-16/h5-12,14H,13H2,1-4H3,(H,24,25). The summed E-state index contributed by atoms with van der Waals surface area (Å²) in [5.74, 6) is 2.90. The van der Waals surface area contributed by atoms with E-state index < -0.39 is 0 Å². The van der Waals surface area contributed by atoms with Gasteiger partial charge in [-0.2, -0.15) is 4.98 Å². The number of pyridine rings is 1. The van der Waals surface area contributed by atoms with Crippen molar-refractivity contribution < 1.29 is 9.26 Å². The molecule has 0 aliphatic carbocycles. The maximum absolute atomic E-state index is 5.43. The molecule has 0 aliphatic heterocycles. The molecule has 29 heavy (non-hydrogen) atoms. The number of aryl methyl sites for hydroxylation is 1. The zero-order valence-electron chi connectivity index (χ0n) is 17.1. The molecular formula is C23H24N4O2. The van der Waals surface area contributed by atoms with Crippen molar-refractivity contribution in [3.63, 3.8) is 0 Å². The molecule has 0 atom stereocenters. The smallest absolute Gasteiger partial charge is 0.229 e. The Labute approximate surface area is 169 Å². The normalized spacial score (nSPS) is 11.2. The van der Waals surface area contributed by atoms with Crippen molar-refractivity contribution in [2.75, 3.05) is 12.4 Å². The highest BCUT2D eigenvalue weighted by Gasteiger charge is 2.17. The summed E-state index contributed by atoms with van der Waals surface area (Å²) in [6, 6.07) is 16.2. The molecule has 148 valence electrons. The molecular weight excluding hydrogens is 364 g/mol. The molecule has 2 heterocycles. The van der Waals surface area contributed by atoms with Crippen LogP contribution in [0.2, 0.25) is 0 Å². The maximum atomic E-state index is 5.43. The van der Waals surface area contributed by atoms with Gasteiger partial charge in [-0.15, -0.1) is 0 Å². The van der Waals surface area contributed by atoms with E-state index in [4.69, 9.17) is 14.2 Å². The number of fused-ring (bicyclic) bond motifs is 1. The van der Waals surface area contributed by atoms with E-state index in [9.17, 15) is 0 Å². The van der Waals surface area contributed by atoms with Gasteiger partial charge in [0.05, 0.1) is 18.2 Å². The van der Waals surface area contributed by atoms with Crippen LogP contribution < -0.4 is 10.1 Å². The van der Waals surface area contributed by atoms with E-state index in [2.05, 4.69) is 40.6 Å². The lowest BCUT2D eigenvalue weighted by molar-refractivity contribution is 0.365. The Morgan fingerprint density at radius 3 is 2.55 bits per heavy atom. The molecule has 0 saturated heterocycles. The molecule has 0 unspecified atom stereocenters. The summed E-state index contributed by atoms with van der Waals surface area (Å²) in [6.45, 7) is 6.74. The third-order valence-electron chi connectivity index (χ3n) is 4.84. The number of rotatable bonds is 6. The Hall–Kier alpha value is -3.41. The lowest BCUT2D eigenvalue weighted by Gasteiger charge is -2.12. The molecule has 0 amide bonds. The second kappa shape index (κ2) is 7.91. The maximum Gasteiger partial charge on any atom is 0.229 e. The summed E-state index contributed by atoms with van der Waals surface area (Å²) in [4.78, 5) is 9.47. The monoisotopic (exact) mass is 388 g/mol. The summed E-state index contributed by atoms with van der Waals surface area (Å²) >= 11 is 0. The van der Waals surface area contributed by atoms with Gasteiger partial charge in [0.15, 0.2) is 0 Å². The van der Waals surface area contributed by atoms with Crippen molar-refractivity contribution in [3.8, 4) is 17.1 Å². The Morgan fingerprint density at radius 2 is 1.86 bits per heavy atom. The van der Waals surface area contributed by atoms with Crippen LogP contribution in [0.1, 0.15) is 36.8 Å². The quantitative estimate of drug-likeness (QED) is 0.481. The van der Waals surface area contributed by atoms with Gasteiger partial charge in [0.1, 0.15) is 11.6 Å². The van der Waals surface area contributed by atoms with Crippen LogP contribution in [0.5, 0.6) is 5.75 Å². The fourth-order valence-electron chi connectivity index (χ4n) is 3.16. The Morgan fingerprint density at radius 1 is 1.07 bits per heavy atom. The van der Waals surface area contributed by atoms with Crippen LogP contribution in [0, 0.1) is 6.92 Å². The zero-order valence-corrected chi connectivity index (χ0v) is 17.1. The second-order valence-electron chi connectivity index (χ2n) is 7.34. The van der Waals surface area contributed by atoms with Gasteiger partial charge in [-0.05, 0) is 36.2 Å². The van der Waals surface area contributed by atoms with Crippen LogP contribution >= 0.6 is 0 Å². The number of anilines is 1. The Balaban J connectivity index is 1.73. The number of para-hydroxylation sites is 1. The third kappa shape index (κ3) is 3.92. The number of nitrogens with zero attached hydrogens (tertiary/aromatic N) is 3. The molecule has 0 bridgehead atoms. The number of nitrogens with one attached hydrogen (secondary N) is 1. The van der Waals surface area contributed by atoms with Crippen LogP contribution in [0.15, 0.2) is 53.1 Å². The van der Waals surface area contributed by atoms with Crippen molar-refractivity contribution in [2.24, 2.45) is 0 Å². The first-order chi connectivity index (χ1) is 14.0. The molecule has 0 radical (unpaired) electrons. The summed E-state index contributed by atoms with van der Waals surface area (Å²) < 4.78 is 10.7. The van der Waals surface area contributed by atoms with Gasteiger partial charge in [0.2, 0.25) is 11.7 Å². The first-order valence-electron chi connectivity index (χ1n) is 9.66. The molecule has 0 spiro atoms. The minimum absolute atomic E-state index is 0.169. The average molecular weight is 388 g/mol. The molecule has 1 N–H and O–H groups in total. The largest absolute Gasteiger partial charge is 0.497 e. The number of aromatic nitrogens is 3. The molecule has 4 aromatic rings. The van der Waals surface area contributed by atoms with Gasteiger partial charge >= 0.3 is 0 Å². The Kier molecular flexibility index (Phi) is 5.16. The van der Waals surface area contributed by atoms with Gasteiger partial charge in [0.25, 0.3) is 0 Å². The molecule has 0 saturated carbocycles. The zero-order chi connectivity index (χ0) is 20.4. The fourth-order valence-corrected chi connectivity index (χ4v) is 3.16. The molecule has 6 nitrogen and oxygen atoms in total. The van der Waals surface area contributed by atoms with Crippen LogP contribution in [0.4, 0.5) is 5.82 Å². The lowest BCUT2D eigenvalue weighted by atomic mass is 10.1. The second-order valence-corrected chi connectivity index (χ2v) is 7.34. The highest BCUT2D eigenvalue weighted by Crippen LogP contribution is 2.30. The van der Waals surface area contributed by atoms with Gasteiger partial charge in [-0.3, -0.25) is 0 Å². The number of hydrogen-bond donors (Lipinski definition) is 1. The summed E-state index contributed by atoms with van der Waals surface area (Å²) in [7, 11) is 1.66. The highest BCUT2D eigenvalue weighted by molar-refractivity contribution is 5.89. The van der Waals surface area contributed by atoms with Crippen molar-refractivity contribution >= 4 is 16.7 Å². The van der Waals surface area contributed by atoms with Crippen LogP contribution in [-0.2, 0) is 6.54 Å². The van der Waals surface area contributed by atoms with Crippen molar-refractivity contribution in [3.05, 3.63) is 65.5 Å². The molecule has 2 aromatic carbocycles. The first-order valence-corrected chi connectivity index (χ1v) is 9.66. The number of ether oxygens (including phenoxy) is 1. The minimum atomic E-state index is 0.169. The molecule has 0 fully saturated rings. The van der Waals surface area contributed by atoms with E-state index in [1.165, 1.54) is 0 Å². The van der Waals surface area contributed by atoms with E-state index in [1.54, 1.807) is 7.11 Å². The highest BCUT2D eigenvalue weighted by atomic mass is 16.5. The molecule has 0 aliphatic rings. The van der Waals surface area contributed by atoms with Crippen LogP contribution in [-0.4, -0.2) is 22.2 Å². The first kappa shape index (κ1) is 18.9. The van der Waals surface area contributed by atoms with E-state index in [-0.39, 0.29) is 5.92 Å². The number of benzene rings is 2. The molecule has 4 rings (SSSR count). The van der Waals surface area contributed by atoms with Crippen LogP contribution in [0.3, 0.4) is 0 Å². The van der Waals surface area contributed by atoms with E-state index >= 15 is 0 Å². The van der Waals surface area contributed by atoms with Crippen molar-refractivity contribution in [1.29, 1.82) is 0 Å². The predicted molar refractivity (Wildman–Crippen MR) is 114 cm³/mol. The Bertz CT molecular complexity index is 1130. The van der Waals surface area contributed by atoms with E-state index in [0.29, 0.717) is 18.3 Å². The van der Waals surface area contributed by atoms with Gasteiger partial charge in [-0.1, -0.05) is 49.3 Å². The molecule has 6 heteroatoms. The number of methoxy groups -OCH3 is 1. The van der Waals surface area contributed by atoms with Gasteiger partial charge in [0, 0.05) is 17.8 Å². The van der Waals surface area contributed by atoms with Gasteiger partial charge in [-0.25, -0.2) is 4.98 Å². The van der Waals surface area contributed by atoms with Crippen LogP contribution in [0.25, 0.3) is 22.3 Å². The number of hydrogen-bond acceptors (Lipinski definition) is 6.